The van der Waals surface area contributed by atoms with Gasteiger partial charge < -0.3 is 5.32 Å². The van der Waals surface area contributed by atoms with Gasteiger partial charge in [-0.15, -0.1) is 0 Å². The fraction of sp³-hybridized carbons (Fsp3) is 0.294. The minimum atomic E-state index is -0.835. The van der Waals surface area contributed by atoms with Crippen LogP contribution in [0.2, 0.25) is 5.02 Å². The van der Waals surface area contributed by atoms with E-state index in [0.29, 0.717) is 17.1 Å². The molecule has 0 saturated carbocycles. The number of nitrogens with one attached hydrogen (secondary N) is 1. The molecule has 1 nitrogen and oxygen atoms in total. The van der Waals surface area contributed by atoms with Crippen LogP contribution >= 0.6 is 11.6 Å². The molecule has 4 heteroatoms. The second-order valence-corrected chi connectivity index (χ2v) is 5.53. The first-order valence-electron chi connectivity index (χ1n) is 6.89. The number of aryl methyl sites for hydroxylation is 2. The summed E-state index contributed by atoms with van der Waals surface area (Å²) < 4.78 is 26.6. The number of hydrogen-bond donors (Lipinski definition) is 1. The maximum absolute atomic E-state index is 13.5. The van der Waals surface area contributed by atoms with Gasteiger partial charge in [0.25, 0.3) is 0 Å². The van der Waals surface area contributed by atoms with Crippen LogP contribution in [0.4, 0.5) is 8.78 Å². The van der Waals surface area contributed by atoms with Crippen molar-refractivity contribution in [3.05, 3.63) is 69.2 Å². The summed E-state index contributed by atoms with van der Waals surface area (Å²) >= 11 is 6.13. The fourth-order valence-electron chi connectivity index (χ4n) is 2.42. The highest BCUT2D eigenvalue weighted by atomic mass is 35.5. The molecule has 0 amide bonds. The van der Waals surface area contributed by atoms with Gasteiger partial charge in [-0.3, -0.25) is 0 Å². The minimum Gasteiger partial charge on any atom is -0.307 e. The van der Waals surface area contributed by atoms with Crippen LogP contribution < -0.4 is 5.32 Å². The Morgan fingerprint density at radius 3 is 2.38 bits per heavy atom. The summed E-state index contributed by atoms with van der Waals surface area (Å²) in [5, 5.41) is 4.02. The van der Waals surface area contributed by atoms with Crippen LogP contribution in [0.5, 0.6) is 0 Å². The zero-order valence-corrected chi connectivity index (χ0v) is 13.1. The predicted molar refractivity (Wildman–Crippen MR) is 82.8 cm³/mol. The van der Waals surface area contributed by atoms with Gasteiger partial charge in [-0.25, -0.2) is 8.78 Å². The molecule has 0 aromatic heterocycles. The van der Waals surface area contributed by atoms with Crippen LogP contribution in [0.3, 0.4) is 0 Å². The molecule has 0 spiro atoms. The molecule has 0 heterocycles. The Bertz CT molecular complexity index is 655. The molecule has 2 rings (SSSR count). The molecule has 21 heavy (non-hydrogen) atoms. The standard InChI is InChI=1S/C17H18ClF2N/c1-4-21-17(12-5-6-15(19)16(20)9-12)13-7-11(3)14(18)8-10(13)2/h5-9,17,21H,4H2,1-3H3. The second-order valence-electron chi connectivity index (χ2n) is 5.12. The van der Waals surface area contributed by atoms with Gasteiger partial charge in [-0.2, -0.15) is 0 Å². The Hall–Kier alpha value is -1.45. The van der Waals surface area contributed by atoms with Gasteiger partial charge in [0, 0.05) is 5.02 Å². The smallest absolute Gasteiger partial charge is 0.159 e. The van der Waals surface area contributed by atoms with Gasteiger partial charge in [0.15, 0.2) is 11.6 Å². The van der Waals surface area contributed by atoms with Gasteiger partial charge in [-0.1, -0.05) is 30.7 Å². The third-order valence-electron chi connectivity index (χ3n) is 3.54. The van der Waals surface area contributed by atoms with E-state index >= 15 is 0 Å². The molecule has 0 aliphatic rings. The maximum Gasteiger partial charge on any atom is 0.159 e. The van der Waals surface area contributed by atoms with E-state index < -0.39 is 11.6 Å². The van der Waals surface area contributed by atoms with Crippen molar-refractivity contribution in [2.75, 3.05) is 6.54 Å². The Kier molecular flexibility index (Phi) is 4.96. The van der Waals surface area contributed by atoms with E-state index in [1.165, 1.54) is 6.07 Å². The van der Waals surface area contributed by atoms with Gasteiger partial charge in [0.1, 0.15) is 0 Å². The average Bonchev–Trinajstić information content (AvgIpc) is 2.44. The summed E-state index contributed by atoms with van der Waals surface area (Å²) in [5.41, 5.74) is 3.69. The molecule has 0 saturated heterocycles. The van der Waals surface area contributed by atoms with Crippen LogP contribution in [0, 0.1) is 25.5 Å². The first-order chi connectivity index (χ1) is 9.93. The Morgan fingerprint density at radius 1 is 1.05 bits per heavy atom. The summed E-state index contributed by atoms with van der Waals surface area (Å²) in [5.74, 6) is -1.67. The fourth-order valence-corrected chi connectivity index (χ4v) is 2.64. The summed E-state index contributed by atoms with van der Waals surface area (Å²) in [6.45, 7) is 6.58. The molecule has 112 valence electrons. The van der Waals surface area contributed by atoms with Crippen molar-refractivity contribution in [3.8, 4) is 0 Å². The van der Waals surface area contributed by atoms with Crippen LogP contribution in [0.15, 0.2) is 30.3 Å². The van der Waals surface area contributed by atoms with Crippen LogP contribution in [0.1, 0.15) is 35.2 Å². The van der Waals surface area contributed by atoms with E-state index in [1.54, 1.807) is 6.07 Å². The van der Waals surface area contributed by atoms with Crippen molar-refractivity contribution in [1.29, 1.82) is 0 Å². The van der Waals surface area contributed by atoms with Gasteiger partial charge in [-0.05, 0) is 60.8 Å². The van der Waals surface area contributed by atoms with Crippen molar-refractivity contribution in [1.82, 2.24) is 5.32 Å². The normalized spacial score (nSPS) is 12.5. The number of hydrogen-bond acceptors (Lipinski definition) is 1. The van der Waals surface area contributed by atoms with Gasteiger partial charge >= 0.3 is 0 Å². The Labute approximate surface area is 128 Å². The van der Waals surface area contributed by atoms with E-state index in [4.69, 9.17) is 11.6 Å². The number of rotatable bonds is 4. The molecule has 1 N–H and O–H groups in total. The first kappa shape index (κ1) is 15.9. The van der Waals surface area contributed by atoms with E-state index in [1.807, 2.05) is 32.9 Å². The summed E-state index contributed by atoms with van der Waals surface area (Å²) in [4.78, 5) is 0. The molecule has 0 radical (unpaired) electrons. The van der Waals surface area contributed by atoms with Crippen molar-refractivity contribution in [2.45, 2.75) is 26.8 Å². The third kappa shape index (κ3) is 3.42. The molecule has 0 fully saturated rings. The molecular formula is C17H18ClF2N. The van der Waals surface area contributed by atoms with E-state index in [0.717, 1.165) is 22.8 Å². The molecule has 1 unspecified atom stereocenters. The average molecular weight is 310 g/mol. The molecular weight excluding hydrogens is 292 g/mol. The topological polar surface area (TPSA) is 12.0 Å². The van der Waals surface area contributed by atoms with Crippen molar-refractivity contribution in [3.63, 3.8) is 0 Å². The quantitative estimate of drug-likeness (QED) is 0.844. The van der Waals surface area contributed by atoms with Crippen molar-refractivity contribution >= 4 is 11.6 Å². The molecule has 2 aromatic carbocycles. The largest absolute Gasteiger partial charge is 0.307 e. The van der Waals surface area contributed by atoms with E-state index in [9.17, 15) is 8.78 Å². The minimum absolute atomic E-state index is 0.193. The van der Waals surface area contributed by atoms with E-state index in [-0.39, 0.29) is 6.04 Å². The third-order valence-corrected chi connectivity index (χ3v) is 3.95. The van der Waals surface area contributed by atoms with Crippen LogP contribution in [0.25, 0.3) is 0 Å². The predicted octanol–water partition coefficient (Wildman–Crippen LogP) is 4.93. The first-order valence-corrected chi connectivity index (χ1v) is 7.26. The lowest BCUT2D eigenvalue weighted by Crippen LogP contribution is -2.23. The maximum atomic E-state index is 13.5. The van der Waals surface area contributed by atoms with Crippen molar-refractivity contribution in [2.24, 2.45) is 0 Å². The van der Waals surface area contributed by atoms with Crippen molar-refractivity contribution < 1.29 is 8.78 Å². The Morgan fingerprint density at radius 2 is 1.76 bits per heavy atom. The lowest BCUT2D eigenvalue weighted by Gasteiger charge is -2.22. The molecule has 0 aliphatic carbocycles. The Balaban J connectivity index is 2.52. The summed E-state index contributed by atoms with van der Waals surface area (Å²) in [7, 11) is 0. The highest BCUT2D eigenvalue weighted by Crippen LogP contribution is 2.29. The summed E-state index contributed by atoms with van der Waals surface area (Å²) in [6, 6.07) is 7.71. The summed E-state index contributed by atoms with van der Waals surface area (Å²) in [6.07, 6.45) is 0. The molecule has 0 bridgehead atoms. The zero-order valence-electron chi connectivity index (χ0n) is 12.3. The zero-order chi connectivity index (χ0) is 15.6. The van der Waals surface area contributed by atoms with Crippen LogP contribution in [-0.2, 0) is 0 Å². The lowest BCUT2D eigenvalue weighted by atomic mass is 9.93. The second kappa shape index (κ2) is 6.54. The monoisotopic (exact) mass is 309 g/mol. The molecule has 1 atom stereocenters. The number of benzene rings is 2. The van der Waals surface area contributed by atoms with Gasteiger partial charge in [0.05, 0.1) is 6.04 Å². The van der Waals surface area contributed by atoms with E-state index in [2.05, 4.69) is 5.32 Å². The lowest BCUT2D eigenvalue weighted by molar-refractivity contribution is 0.503. The number of halogens is 3. The molecule has 0 aliphatic heterocycles. The van der Waals surface area contributed by atoms with Gasteiger partial charge in [0.2, 0.25) is 0 Å². The SMILES string of the molecule is CCNC(c1ccc(F)c(F)c1)c1cc(C)c(Cl)cc1C. The molecule has 2 aromatic rings. The highest BCUT2D eigenvalue weighted by Gasteiger charge is 2.18. The highest BCUT2D eigenvalue weighted by molar-refractivity contribution is 6.31. The van der Waals surface area contributed by atoms with Crippen LogP contribution in [-0.4, -0.2) is 6.54 Å².